The molecule has 2 heteroatoms. The summed E-state index contributed by atoms with van der Waals surface area (Å²) in [6.45, 7) is 10.3. The van der Waals surface area contributed by atoms with E-state index in [1.165, 1.54) is 24.8 Å². The molecule has 2 nitrogen and oxygen atoms in total. The Morgan fingerprint density at radius 1 is 1.50 bits per heavy atom. The molecule has 0 bridgehead atoms. The van der Waals surface area contributed by atoms with Gasteiger partial charge in [-0.25, -0.2) is 0 Å². The predicted molar refractivity (Wildman–Crippen MR) is 62.3 cm³/mol. The number of hydrogen-bond acceptors (Lipinski definition) is 2. The van der Waals surface area contributed by atoms with E-state index in [2.05, 4.69) is 25.3 Å². The molecule has 0 aliphatic carbocycles. The normalized spacial score (nSPS) is 29.1. The van der Waals surface area contributed by atoms with E-state index in [-0.39, 0.29) is 0 Å². The molecule has 0 amide bonds. The first kappa shape index (κ1) is 11.7. The van der Waals surface area contributed by atoms with Gasteiger partial charge in [-0.1, -0.05) is 12.0 Å². The van der Waals surface area contributed by atoms with Gasteiger partial charge in [0.15, 0.2) is 0 Å². The lowest BCUT2D eigenvalue weighted by Gasteiger charge is -2.40. The molecule has 2 unspecified atom stereocenters. The van der Waals surface area contributed by atoms with Crippen LogP contribution >= 0.6 is 0 Å². The molecular formula is C12H24N2. The SMILES string of the molecule is C=C(C)CCN1C(C)CCCC1CN. The molecule has 0 radical (unpaired) electrons. The zero-order valence-corrected chi connectivity index (χ0v) is 9.63. The highest BCUT2D eigenvalue weighted by Gasteiger charge is 2.25. The topological polar surface area (TPSA) is 29.3 Å². The van der Waals surface area contributed by atoms with Crippen molar-refractivity contribution in [2.45, 2.75) is 51.6 Å². The molecule has 0 spiro atoms. The number of piperidine rings is 1. The Bertz CT molecular complexity index is 189. The maximum atomic E-state index is 5.80. The largest absolute Gasteiger partial charge is 0.329 e. The Kier molecular flexibility index (Phi) is 4.63. The number of nitrogens with two attached hydrogens (primary N) is 1. The molecule has 0 aromatic rings. The fraction of sp³-hybridized carbons (Fsp3) is 0.833. The van der Waals surface area contributed by atoms with Crippen molar-refractivity contribution in [1.29, 1.82) is 0 Å². The standard InChI is InChI=1S/C12H24N2/c1-10(2)7-8-14-11(3)5-4-6-12(14)9-13/h11-12H,1,4-9,13H2,2-3H3. The summed E-state index contributed by atoms with van der Waals surface area (Å²) in [5, 5.41) is 0. The molecule has 14 heavy (non-hydrogen) atoms. The zero-order valence-electron chi connectivity index (χ0n) is 9.63. The number of rotatable bonds is 4. The van der Waals surface area contributed by atoms with Crippen molar-refractivity contribution < 1.29 is 0 Å². The maximum Gasteiger partial charge on any atom is 0.0221 e. The van der Waals surface area contributed by atoms with Crippen LogP contribution in [0.15, 0.2) is 12.2 Å². The highest BCUT2D eigenvalue weighted by atomic mass is 15.2. The van der Waals surface area contributed by atoms with E-state index in [9.17, 15) is 0 Å². The highest BCUT2D eigenvalue weighted by Crippen LogP contribution is 2.22. The Morgan fingerprint density at radius 3 is 2.79 bits per heavy atom. The highest BCUT2D eigenvalue weighted by molar-refractivity contribution is 4.91. The van der Waals surface area contributed by atoms with Gasteiger partial charge in [-0.3, -0.25) is 4.90 Å². The van der Waals surface area contributed by atoms with E-state index in [4.69, 9.17) is 5.73 Å². The second kappa shape index (κ2) is 5.52. The van der Waals surface area contributed by atoms with Crippen LogP contribution < -0.4 is 5.73 Å². The molecule has 1 aliphatic rings. The van der Waals surface area contributed by atoms with Gasteiger partial charge in [0.2, 0.25) is 0 Å². The third-order valence-corrected chi connectivity index (χ3v) is 3.26. The Balaban J connectivity index is 2.46. The van der Waals surface area contributed by atoms with Crippen LogP contribution in [0.5, 0.6) is 0 Å². The summed E-state index contributed by atoms with van der Waals surface area (Å²) >= 11 is 0. The van der Waals surface area contributed by atoms with Gasteiger partial charge in [-0.2, -0.15) is 0 Å². The molecule has 2 atom stereocenters. The van der Waals surface area contributed by atoms with Gasteiger partial charge in [0.25, 0.3) is 0 Å². The molecule has 2 N–H and O–H groups in total. The fourth-order valence-corrected chi connectivity index (χ4v) is 2.32. The van der Waals surface area contributed by atoms with E-state index in [1.807, 2.05) is 0 Å². The first-order chi connectivity index (χ1) is 6.65. The van der Waals surface area contributed by atoms with Crippen molar-refractivity contribution in [2.24, 2.45) is 5.73 Å². The lowest BCUT2D eigenvalue weighted by Crippen LogP contribution is -2.49. The van der Waals surface area contributed by atoms with Gasteiger partial charge in [0.05, 0.1) is 0 Å². The quantitative estimate of drug-likeness (QED) is 0.698. The van der Waals surface area contributed by atoms with Crippen molar-refractivity contribution in [1.82, 2.24) is 4.90 Å². The molecule has 1 fully saturated rings. The van der Waals surface area contributed by atoms with Crippen molar-refractivity contribution in [3.05, 3.63) is 12.2 Å². The molecule has 82 valence electrons. The molecule has 1 aliphatic heterocycles. The van der Waals surface area contributed by atoms with Gasteiger partial charge in [0, 0.05) is 25.2 Å². The van der Waals surface area contributed by atoms with Gasteiger partial charge in [-0.05, 0) is 33.1 Å². The van der Waals surface area contributed by atoms with Crippen molar-refractivity contribution in [2.75, 3.05) is 13.1 Å². The Morgan fingerprint density at radius 2 is 2.21 bits per heavy atom. The molecule has 0 aromatic carbocycles. The summed E-state index contributed by atoms with van der Waals surface area (Å²) in [5.41, 5.74) is 7.07. The lowest BCUT2D eigenvalue weighted by molar-refractivity contribution is 0.0989. The predicted octanol–water partition coefficient (Wildman–Crippen LogP) is 2.15. The first-order valence-corrected chi connectivity index (χ1v) is 5.75. The minimum Gasteiger partial charge on any atom is -0.329 e. The number of hydrogen-bond donors (Lipinski definition) is 1. The number of nitrogens with zero attached hydrogens (tertiary/aromatic N) is 1. The smallest absolute Gasteiger partial charge is 0.0221 e. The van der Waals surface area contributed by atoms with E-state index < -0.39 is 0 Å². The monoisotopic (exact) mass is 196 g/mol. The van der Waals surface area contributed by atoms with Crippen LogP contribution in [0, 0.1) is 0 Å². The zero-order chi connectivity index (χ0) is 10.6. The second-order valence-electron chi connectivity index (χ2n) is 4.61. The van der Waals surface area contributed by atoms with Gasteiger partial charge >= 0.3 is 0 Å². The molecular weight excluding hydrogens is 172 g/mol. The van der Waals surface area contributed by atoms with Crippen LogP contribution in [0.3, 0.4) is 0 Å². The average Bonchev–Trinajstić information content (AvgIpc) is 2.15. The summed E-state index contributed by atoms with van der Waals surface area (Å²) in [5.74, 6) is 0. The maximum absolute atomic E-state index is 5.80. The molecule has 1 rings (SSSR count). The molecule has 1 saturated heterocycles. The van der Waals surface area contributed by atoms with Gasteiger partial charge < -0.3 is 5.73 Å². The van der Waals surface area contributed by atoms with E-state index >= 15 is 0 Å². The number of likely N-dealkylation sites (tertiary alicyclic amines) is 1. The summed E-state index contributed by atoms with van der Waals surface area (Å²) in [6.07, 6.45) is 5.05. The summed E-state index contributed by atoms with van der Waals surface area (Å²) < 4.78 is 0. The Labute approximate surface area is 88.2 Å². The first-order valence-electron chi connectivity index (χ1n) is 5.75. The van der Waals surface area contributed by atoms with Crippen molar-refractivity contribution in [3.8, 4) is 0 Å². The molecule has 1 heterocycles. The van der Waals surface area contributed by atoms with E-state index in [1.54, 1.807) is 0 Å². The van der Waals surface area contributed by atoms with Crippen LogP contribution in [0.2, 0.25) is 0 Å². The van der Waals surface area contributed by atoms with Crippen molar-refractivity contribution in [3.63, 3.8) is 0 Å². The lowest BCUT2D eigenvalue weighted by atomic mass is 9.96. The van der Waals surface area contributed by atoms with Crippen LogP contribution in [0.1, 0.15) is 39.5 Å². The van der Waals surface area contributed by atoms with Crippen LogP contribution in [-0.2, 0) is 0 Å². The fourth-order valence-electron chi connectivity index (χ4n) is 2.32. The van der Waals surface area contributed by atoms with Crippen LogP contribution in [-0.4, -0.2) is 30.1 Å². The van der Waals surface area contributed by atoms with Crippen LogP contribution in [0.25, 0.3) is 0 Å². The summed E-state index contributed by atoms with van der Waals surface area (Å²) in [6, 6.07) is 1.31. The van der Waals surface area contributed by atoms with Gasteiger partial charge in [-0.15, -0.1) is 6.58 Å². The molecule has 0 saturated carbocycles. The Hall–Kier alpha value is -0.340. The van der Waals surface area contributed by atoms with E-state index in [0.717, 1.165) is 19.5 Å². The van der Waals surface area contributed by atoms with Crippen LogP contribution in [0.4, 0.5) is 0 Å². The summed E-state index contributed by atoms with van der Waals surface area (Å²) in [4.78, 5) is 2.57. The third kappa shape index (κ3) is 3.10. The second-order valence-corrected chi connectivity index (χ2v) is 4.61. The molecule has 0 aromatic heterocycles. The van der Waals surface area contributed by atoms with Crippen molar-refractivity contribution >= 4 is 0 Å². The minimum atomic E-state index is 0.609. The van der Waals surface area contributed by atoms with E-state index in [0.29, 0.717) is 12.1 Å². The minimum absolute atomic E-state index is 0.609. The summed E-state index contributed by atoms with van der Waals surface area (Å²) in [7, 11) is 0. The average molecular weight is 196 g/mol. The third-order valence-electron chi connectivity index (χ3n) is 3.26. The van der Waals surface area contributed by atoms with Gasteiger partial charge in [0.1, 0.15) is 0 Å².